The smallest absolute Gasteiger partial charge is 0.261 e. The van der Waals surface area contributed by atoms with Gasteiger partial charge in [-0.3, -0.25) is 9.59 Å². The molecule has 0 aliphatic carbocycles. The lowest BCUT2D eigenvalue weighted by Crippen LogP contribution is -2.48. The number of carbonyl (C=O) groups excluding carboxylic acids is 1. The van der Waals surface area contributed by atoms with Gasteiger partial charge < -0.3 is 15.2 Å². The van der Waals surface area contributed by atoms with Gasteiger partial charge >= 0.3 is 0 Å². The van der Waals surface area contributed by atoms with Crippen LogP contribution in [0.1, 0.15) is 34.5 Å². The maximum absolute atomic E-state index is 12.5. The molecule has 1 aliphatic rings. The number of nitrogens with zero attached hydrogens (tertiary/aromatic N) is 1. The number of H-pyrrole nitrogens is 1. The van der Waals surface area contributed by atoms with Gasteiger partial charge in [-0.2, -0.15) is 0 Å². The number of nitrogens with one attached hydrogen (secondary N) is 2. The SMILES string of the molecule is CNC1CCCN(C(=O)c2c(C)cc(C)[nH]c2=O)C1. The number of amides is 1. The summed E-state index contributed by atoms with van der Waals surface area (Å²) in [6, 6.07) is 2.16. The number of hydrogen-bond donors (Lipinski definition) is 2. The molecule has 0 bridgehead atoms. The largest absolute Gasteiger partial charge is 0.337 e. The van der Waals surface area contributed by atoms with Crippen molar-refractivity contribution >= 4 is 5.91 Å². The Morgan fingerprint density at radius 1 is 1.47 bits per heavy atom. The molecule has 0 aromatic carbocycles. The van der Waals surface area contributed by atoms with Crippen molar-refractivity contribution in [3.8, 4) is 0 Å². The summed E-state index contributed by atoms with van der Waals surface area (Å²) in [5.41, 5.74) is 1.53. The quantitative estimate of drug-likeness (QED) is 0.830. The fourth-order valence-corrected chi connectivity index (χ4v) is 2.67. The first-order valence-corrected chi connectivity index (χ1v) is 6.70. The molecular formula is C14H21N3O2. The van der Waals surface area contributed by atoms with E-state index in [1.54, 1.807) is 4.90 Å². The van der Waals surface area contributed by atoms with E-state index in [0.29, 0.717) is 12.6 Å². The van der Waals surface area contributed by atoms with Gasteiger partial charge in [0.25, 0.3) is 11.5 Å². The molecule has 0 spiro atoms. The zero-order chi connectivity index (χ0) is 14.0. The van der Waals surface area contributed by atoms with Crippen molar-refractivity contribution < 1.29 is 4.79 Å². The fraction of sp³-hybridized carbons (Fsp3) is 0.571. The van der Waals surface area contributed by atoms with Crippen molar-refractivity contribution in [1.82, 2.24) is 15.2 Å². The lowest BCUT2D eigenvalue weighted by Gasteiger charge is -2.32. The number of likely N-dealkylation sites (tertiary alicyclic amines) is 1. The molecule has 19 heavy (non-hydrogen) atoms. The standard InChI is InChI=1S/C14H21N3O2/c1-9-7-10(2)16-13(18)12(9)14(19)17-6-4-5-11(8-17)15-3/h7,11,15H,4-6,8H2,1-3H3,(H,16,18). The van der Waals surface area contributed by atoms with Crippen LogP contribution in [0.3, 0.4) is 0 Å². The first-order chi connectivity index (χ1) is 9.02. The Balaban J connectivity index is 2.27. The average Bonchev–Trinajstić information content (AvgIpc) is 2.37. The zero-order valence-electron chi connectivity index (χ0n) is 11.7. The maximum Gasteiger partial charge on any atom is 0.261 e. The first kappa shape index (κ1) is 13.8. The molecule has 5 heteroatoms. The molecule has 1 fully saturated rings. The van der Waals surface area contributed by atoms with E-state index in [-0.39, 0.29) is 17.0 Å². The van der Waals surface area contributed by atoms with E-state index < -0.39 is 0 Å². The molecule has 1 aromatic rings. The van der Waals surface area contributed by atoms with Gasteiger partial charge in [0.05, 0.1) is 0 Å². The van der Waals surface area contributed by atoms with E-state index in [4.69, 9.17) is 0 Å². The maximum atomic E-state index is 12.5. The van der Waals surface area contributed by atoms with Crippen LogP contribution in [-0.2, 0) is 0 Å². The number of piperidine rings is 1. The summed E-state index contributed by atoms with van der Waals surface area (Å²) >= 11 is 0. The summed E-state index contributed by atoms with van der Waals surface area (Å²) < 4.78 is 0. The average molecular weight is 263 g/mol. The number of pyridine rings is 1. The summed E-state index contributed by atoms with van der Waals surface area (Å²) in [5.74, 6) is -0.154. The van der Waals surface area contributed by atoms with Crippen molar-refractivity contribution in [3.63, 3.8) is 0 Å². The number of aromatic amines is 1. The molecule has 2 heterocycles. The highest BCUT2D eigenvalue weighted by Gasteiger charge is 2.26. The highest BCUT2D eigenvalue weighted by Crippen LogP contribution is 2.14. The van der Waals surface area contributed by atoms with Crippen LogP contribution in [0.2, 0.25) is 0 Å². The molecule has 104 valence electrons. The van der Waals surface area contributed by atoms with Gasteiger partial charge in [-0.1, -0.05) is 0 Å². The van der Waals surface area contributed by atoms with Crippen molar-refractivity contribution in [1.29, 1.82) is 0 Å². The third-order valence-corrected chi connectivity index (χ3v) is 3.70. The van der Waals surface area contributed by atoms with Gasteiger partial charge in [0.2, 0.25) is 0 Å². The van der Waals surface area contributed by atoms with Crippen LogP contribution < -0.4 is 10.9 Å². The minimum Gasteiger partial charge on any atom is -0.337 e. The van der Waals surface area contributed by atoms with Crippen molar-refractivity contribution in [2.75, 3.05) is 20.1 Å². The molecule has 1 amide bonds. The minimum absolute atomic E-state index is 0.154. The molecule has 2 N–H and O–H groups in total. The number of aromatic nitrogens is 1. The molecule has 1 aliphatic heterocycles. The molecule has 1 atom stereocenters. The number of likely N-dealkylation sites (N-methyl/N-ethyl adjacent to an activating group) is 1. The van der Waals surface area contributed by atoms with Crippen LogP contribution in [0, 0.1) is 13.8 Å². The van der Waals surface area contributed by atoms with Gasteiger partial charge in [-0.25, -0.2) is 0 Å². The Labute approximate surface area is 113 Å². The van der Waals surface area contributed by atoms with Crippen LogP contribution in [0.25, 0.3) is 0 Å². The predicted octanol–water partition coefficient (Wildman–Crippen LogP) is 0.816. The van der Waals surface area contributed by atoms with E-state index in [9.17, 15) is 9.59 Å². The number of rotatable bonds is 2. The first-order valence-electron chi connectivity index (χ1n) is 6.70. The second kappa shape index (κ2) is 5.57. The molecular weight excluding hydrogens is 242 g/mol. The summed E-state index contributed by atoms with van der Waals surface area (Å²) in [5, 5.41) is 3.20. The van der Waals surface area contributed by atoms with Crippen molar-refractivity contribution in [2.45, 2.75) is 32.7 Å². The Morgan fingerprint density at radius 2 is 2.21 bits per heavy atom. The topological polar surface area (TPSA) is 65.2 Å². The lowest BCUT2D eigenvalue weighted by atomic mass is 10.0. The monoisotopic (exact) mass is 263 g/mol. The normalized spacial score (nSPS) is 19.5. The lowest BCUT2D eigenvalue weighted by molar-refractivity contribution is 0.0695. The van der Waals surface area contributed by atoms with E-state index in [2.05, 4.69) is 10.3 Å². The van der Waals surface area contributed by atoms with Crippen molar-refractivity contribution in [3.05, 3.63) is 33.2 Å². The fourth-order valence-electron chi connectivity index (χ4n) is 2.67. The Bertz CT molecular complexity index is 536. The summed E-state index contributed by atoms with van der Waals surface area (Å²) in [7, 11) is 1.91. The van der Waals surface area contributed by atoms with Crippen LogP contribution in [0.5, 0.6) is 0 Å². The molecule has 0 saturated carbocycles. The van der Waals surface area contributed by atoms with Crippen LogP contribution in [-0.4, -0.2) is 42.0 Å². The van der Waals surface area contributed by atoms with Crippen LogP contribution >= 0.6 is 0 Å². The Hall–Kier alpha value is -1.62. The van der Waals surface area contributed by atoms with Crippen molar-refractivity contribution in [2.24, 2.45) is 0 Å². The van der Waals surface area contributed by atoms with Gasteiger partial charge in [0.15, 0.2) is 0 Å². The zero-order valence-corrected chi connectivity index (χ0v) is 11.7. The number of carbonyl (C=O) groups is 1. The molecule has 1 unspecified atom stereocenters. The van der Waals surface area contributed by atoms with E-state index in [1.807, 2.05) is 27.0 Å². The summed E-state index contributed by atoms with van der Waals surface area (Å²) in [6.45, 7) is 5.03. The van der Waals surface area contributed by atoms with E-state index in [0.717, 1.165) is 30.6 Å². The second-order valence-electron chi connectivity index (χ2n) is 5.22. The van der Waals surface area contributed by atoms with Gasteiger partial charge in [-0.15, -0.1) is 0 Å². The van der Waals surface area contributed by atoms with Gasteiger partial charge in [0, 0.05) is 24.8 Å². The minimum atomic E-state index is -0.283. The Morgan fingerprint density at radius 3 is 2.84 bits per heavy atom. The molecule has 2 rings (SSSR count). The number of aryl methyl sites for hydroxylation is 2. The van der Waals surface area contributed by atoms with Gasteiger partial charge in [0.1, 0.15) is 5.56 Å². The number of hydrogen-bond acceptors (Lipinski definition) is 3. The summed E-state index contributed by atoms with van der Waals surface area (Å²) in [4.78, 5) is 29.0. The van der Waals surface area contributed by atoms with Crippen LogP contribution in [0.15, 0.2) is 10.9 Å². The van der Waals surface area contributed by atoms with E-state index in [1.165, 1.54) is 0 Å². The third kappa shape index (κ3) is 2.87. The van der Waals surface area contributed by atoms with E-state index >= 15 is 0 Å². The highest BCUT2D eigenvalue weighted by molar-refractivity contribution is 5.95. The highest BCUT2D eigenvalue weighted by atomic mass is 16.2. The summed E-state index contributed by atoms with van der Waals surface area (Å²) in [6.07, 6.45) is 2.05. The predicted molar refractivity (Wildman–Crippen MR) is 74.5 cm³/mol. The molecule has 0 radical (unpaired) electrons. The Kier molecular flexibility index (Phi) is 4.04. The van der Waals surface area contributed by atoms with Gasteiger partial charge in [-0.05, 0) is 45.4 Å². The molecule has 1 aromatic heterocycles. The second-order valence-corrected chi connectivity index (χ2v) is 5.22. The molecule has 1 saturated heterocycles. The molecule has 5 nitrogen and oxygen atoms in total. The third-order valence-electron chi connectivity index (χ3n) is 3.70. The van der Waals surface area contributed by atoms with Crippen LogP contribution in [0.4, 0.5) is 0 Å².